The maximum atomic E-state index is 13.5. The molecule has 102 valence electrons. The molecule has 20 heavy (non-hydrogen) atoms. The predicted octanol–water partition coefficient (Wildman–Crippen LogP) is 3.15. The van der Waals surface area contributed by atoms with E-state index >= 15 is 0 Å². The summed E-state index contributed by atoms with van der Waals surface area (Å²) >= 11 is 0. The molecule has 0 aromatic heterocycles. The lowest BCUT2D eigenvalue weighted by Crippen LogP contribution is -2.06. The van der Waals surface area contributed by atoms with Crippen molar-refractivity contribution in [1.29, 1.82) is 0 Å². The van der Waals surface area contributed by atoms with E-state index in [1.54, 1.807) is 13.0 Å². The highest BCUT2D eigenvalue weighted by atomic mass is 19.1. The van der Waals surface area contributed by atoms with Gasteiger partial charge in [-0.3, -0.25) is 4.79 Å². The molecular weight excluding hydrogens is 259 g/mol. The van der Waals surface area contributed by atoms with Gasteiger partial charge in [0, 0.05) is 11.1 Å². The van der Waals surface area contributed by atoms with Gasteiger partial charge in [-0.1, -0.05) is 24.3 Å². The van der Waals surface area contributed by atoms with Crippen molar-refractivity contribution in [2.24, 2.45) is 0 Å². The van der Waals surface area contributed by atoms with Crippen LogP contribution >= 0.6 is 0 Å². The number of halogens is 1. The van der Waals surface area contributed by atoms with Crippen LogP contribution in [0.2, 0.25) is 0 Å². The van der Waals surface area contributed by atoms with Gasteiger partial charge in [-0.25, -0.2) is 9.18 Å². The first-order chi connectivity index (χ1) is 9.54. The number of methoxy groups -OCH3 is 1. The van der Waals surface area contributed by atoms with Crippen molar-refractivity contribution < 1.29 is 18.7 Å². The smallest absolute Gasteiger partial charge is 0.337 e. The standard InChI is InChI=1S/C16H13FO3/c1-10-13(4-3-5-14(10)17)15(18)11-6-8-12(9-7-11)16(19)20-2/h3-9H,1-2H3. The fraction of sp³-hybridized carbons (Fsp3) is 0.125. The molecule has 2 aromatic carbocycles. The molecule has 0 aliphatic heterocycles. The zero-order chi connectivity index (χ0) is 14.7. The van der Waals surface area contributed by atoms with Crippen LogP contribution in [-0.4, -0.2) is 18.9 Å². The second-order valence-electron chi connectivity index (χ2n) is 4.31. The molecule has 2 rings (SSSR count). The average Bonchev–Trinajstić information content (AvgIpc) is 2.48. The first-order valence-corrected chi connectivity index (χ1v) is 6.02. The average molecular weight is 272 g/mol. The van der Waals surface area contributed by atoms with Gasteiger partial charge >= 0.3 is 5.97 Å². The minimum Gasteiger partial charge on any atom is -0.465 e. The summed E-state index contributed by atoms with van der Waals surface area (Å²) in [4.78, 5) is 23.6. The largest absolute Gasteiger partial charge is 0.465 e. The Morgan fingerprint density at radius 1 is 1.00 bits per heavy atom. The van der Waals surface area contributed by atoms with Crippen LogP contribution in [0, 0.1) is 12.7 Å². The lowest BCUT2D eigenvalue weighted by atomic mass is 9.98. The van der Waals surface area contributed by atoms with Crippen molar-refractivity contribution in [3.63, 3.8) is 0 Å². The van der Waals surface area contributed by atoms with Crippen molar-refractivity contribution in [1.82, 2.24) is 0 Å². The molecule has 0 bridgehead atoms. The van der Waals surface area contributed by atoms with Gasteiger partial charge in [-0.05, 0) is 30.7 Å². The van der Waals surface area contributed by atoms with Crippen molar-refractivity contribution >= 4 is 11.8 Å². The molecule has 0 spiro atoms. The molecule has 0 radical (unpaired) electrons. The summed E-state index contributed by atoms with van der Waals surface area (Å²) in [7, 11) is 1.29. The lowest BCUT2D eigenvalue weighted by Gasteiger charge is -2.06. The SMILES string of the molecule is COC(=O)c1ccc(C(=O)c2cccc(F)c2C)cc1. The second kappa shape index (κ2) is 5.65. The Labute approximate surface area is 116 Å². The Bertz CT molecular complexity index is 660. The van der Waals surface area contributed by atoms with Crippen LogP contribution in [0.25, 0.3) is 0 Å². The number of hydrogen-bond acceptors (Lipinski definition) is 3. The molecular formula is C16H13FO3. The fourth-order valence-corrected chi connectivity index (χ4v) is 1.88. The highest BCUT2D eigenvalue weighted by molar-refractivity contribution is 6.10. The Morgan fingerprint density at radius 2 is 1.60 bits per heavy atom. The van der Waals surface area contributed by atoms with Crippen LogP contribution in [0.15, 0.2) is 42.5 Å². The summed E-state index contributed by atoms with van der Waals surface area (Å²) in [6, 6.07) is 10.5. The van der Waals surface area contributed by atoms with E-state index in [-0.39, 0.29) is 5.78 Å². The molecule has 0 amide bonds. The Balaban J connectivity index is 2.34. The number of carbonyl (C=O) groups excluding carboxylic acids is 2. The minimum atomic E-state index is -0.467. The van der Waals surface area contributed by atoms with Crippen LogP contribution in [-0.2, 0) is 4.74 Å². The monoisotopic (exact) mass is 272 g/mol. The molecule has 0 aliphatic rings. The third-order valence-corrected chi connectivity index (χ3v) is 3.08. The number of benzene rings is 2. The fourth-order valence-electron chi connectivity index (χ4n) is 1.88. The number of ether oxygens (including phenoxy) is 1. The summed E-state index contributed by atoms with van der Waals surface area (Å²) in [6.07, 6.45) is 0. The third kappa shape index (κ3) is 2.59. The topological polar surface area (TPSA) is 43.4 Å². The van der Waals surface area contributed by atoms with Crippen molar-refractivity contribution in [2.45, 2.75) is 6.92 Å². The molecule has 2 aromatic rings. The van der Waals surface area contributed by atoms with Gasteiger partial charge in [-0.2, -0.15) is 0 Å². The van der Waals surface area contributed by atoms with Gasteiger partial charge in [0.25, 0.3) is 0 Å². The Kier molecular flexibility index (Phi) is 3.94. The third-order valence-electron chi connectivity index (χ3n) is 3.08. The quantitative estimate of drug-likeness (QED) is 0.636. The number of esters is 1. The van der Waals surface area contributed by atoms with Crippen LogP contribution < -0.4 is 0 Å². The van der Waals surface area contributed by atoms with Gasteiger partial charge in [0.05, 0.1) is 12.7 Å². The summed E-state index contributed by atoms with van der Waals surface area (Å²) in [5, 5.41) is 0. The van der Waals surface area contributed by atoms with Gasteiger partial charge in [0.2, 0.25) is 0 Å². The summed E-state index contributed by atoms with van der Waals surface area (Å²) in [6.45, 7) is 1.56. The first kappa shape index (κ1) is 13.9. The number of hydrogen-bond donors (Lipinski definition) is 0. The molecule has 0 atom stereocenters. The number of rotatable bonds is 3. The van der Waals surface area contributed by atoms with E-state index in [0.717, 1.165) is 0 Å². The van der Waals surface area contributed by atoms with Crippen molar-refractivity contribution in [3.8, 4) is 0 Å². The van der Waals surface area contributed by atoms with Crippen LogP contribution in [0.3, 0.4) is 0 Å². The Hall–Kier alpha value is -2.49. The van der Waals surface area contributed by atoms with Crippen LogP contribution in [0.4, 0.5) is 4.39 Å². The van der Waals surface area contributed by atoms with Crippen molar-refractivity contribution in [2.75, 3.05) is 7.11 Å². The maximum absolute atomic E-state index is 13.5. The Morgan fingerprint density at radius 3 is 2.20 bits per heavy atom. The molecule has 0 saturated carbocycles. The molecule has 0 saturated heterocycles. The molecule has 0 unspecified atom stereocenters. The first-order valence-electron chi connectivity index (χ1n) is 6.02. The predicted molar refractivity (Wildman–Crippen MR) is 72.4 cm³/mol. The minimum absolute atomic E-state index is 0.279. The van der Waals surface area contributed by atoms with Crippen molar-refractivity contribution in [3.05, 3.63) is 70.5 Å². The zero-order valence-electron chi connectivity index (χ0n) is 11.1. The van der Waals surface area contributed by atoms with Gasteiger partial charge < -0.3 is 4.74 Å². The summed E-state index contributed by atoms with van der Waals surface area (Å²) in [5.41, 5.74) is 1.39. The van der Waals surface area contributed by atoms with E-state index in [1.807, 2.05) is 0 Å². The highest BCUT2D eigenvalue weighted by Crippen LogP contribution is 2.17. The van der Waals surface area contributed by atoms with Crippen LogP contribution in [0.5, 0.6) is 0 Å². The van der Waals surface area contributed by atoms with E-state index in [2.05, 4.69) is 4.74 Å². The normalized spacial score (nSPS) is 10.2. The molecule has 0 aliphatic carbocycles. The van der Waals surface area contributed by atoms with E-state index in [0.29, 0.717) is 22.3 Å². The second-order valence-corrected chi connectivity index (χ2v) is 4.31. The maximum Gasteiger partial charge on any atom is 0.337 e. The summed E-state index contributed by atoms with van der Waals surface area (Å²) < 4.78 is 18.0. The van der Waals surface area contributed by atoms with Gasteiger partial charge in [0.15, 0.2) is 5.78 Å². The molecule has 3 nitrogen and oxygen atoms in total. The van der Waals surface area contributed by atoms with E-state index < -0.39 is 11.8 Å². The van der Waals surface area contributed by atoms with Gasteiger partial charge in [0.1, 0.15) is 5.82 Å². The van der Waals surface area contributed by atoms with E-state index in [9.17, 15) is 14.0 Å². The molecule has 4 heteroatoms. The van der Waals surface area contributed by atoms with Gasteiger partial charge in [-0.15, -0.1) is 0 Å². The zero-order valence-corrected chi connectivity index (χ0v) is 11.1. The van der Waals surface area contributed by atoms with E-state index in [1.165, 1.54) is 43.5 Å². The summed E-state index contributed by atoms with van der Waals surface area (Å²) in [5.74, 6) is -1.16. The lowest BCUT2D eigenvalue weighted by molar-refractivity contribution is 0.0600. The molecule has 0 fully saturated rings. The highest BCUT2D eigenvalue weighted by Gasteiger charge is 2.14. The molecule has 0 N–H and O–H groups in total. The van der Waals surface area contributed by atoms with Crippen LogP contribution in [0.1, 0.15) is 31.8 Å². The van der Waals surface area contributed by atoms with E-state index in [4.69, 9.17) is 0 Å². The number of carbonyl (C=O) groups is 2. The molecule has 0 heterocycles. The number of ketones is 1.